The van der Waals surface area contributed by atoms with E-state index in [0.29, 0.717) is 0 Å². The van der Waals surface area contributed by atoms with E-state index in [1.165, 1.54) is 159 Å². The van der Waals surface area contributed by atoms with Gasteiger partial charge in [-0.05, 0) is 76.9 Å². The second-order valence-electron chi connectivity index (χ2n) is 12.2. The number of nitrogens with zero attached hydrogens (tertiary/aromatic N) is 1. The van der Waals surface area contributed by atoms with Crippen LogP contribution in [0.4, 0.5) is 0 Å². The van der Waals surface area contributed by atoms with Crippen molar-refractivity contribution in [2.75, 3.05) is 20.6 Å². The molecule has 0 radical (unpaired) electrons. The highest BCUT2D eigenvalue weighted by Crippen LogP contribution is 2.32. The van der Waals surface area contributed by atoms with Crippen LogP contribution >= 0.6 is 0 Å². The Morgan fingerprint density at radius 2 is 1.27 bits per heavy atom. The second kappa shape index (κ2) is 17.8. The molecule has 2 fully saturated rings. The Kier molecular flexibility index (Phi) is 15.5. The van der Waals surface area contributed by atoms with Crippen LogP contribution in [0.5, 0.6) is 0 Å². The molecule has 0 aliphatic heterocycles. The smallest absolute Gasteiger partial charge is 0.00218 e. The third-order valence-electron chi connectivity index (χ3n) is 8.61. The Morgan fingerprint density at radius 1 is 0.697 bits per heavy atom. The predicted molar refractivity (Wildman–Crippen MR) is 149 cm³/mol. The average molecular weight is 458 g/mol. The van der Waals surface area contributed by atoms with Gasteiger partial charge >= 0.3 is 0 Å². The molecule has 0 N–H and O–H groups in total. The molecule has 2 rings (SSSR count). The molecule has 2 aliphatic rings. The number of rotatable bonds is 20. The molecule has 0 aromatic rings. The van der Waals surface area contributed by atoms with Gasteiger partial charge in [0.05, 0.1) is 0 Å². The first-order chi connectivity index (χ1) is 16.0. The molecule has 2 aliphatic carbocycles. The number of unbranched alkanes of at least 4 members (excludes halogenated alkanes) is 4. The summed E-state index contributed by atoms with van der Waals surface area (Å²) < 4.78 is 0. The number of hydrogen-bond acceptors (Lipinski definition) is 1. The average Bonchev–Trinajstić information content (AvgIpc) is 3.47. The summed E-state index contributed by atoms with van der Waals surface area (Å²) in [7, 11) is 4.36. The van der Waals surface area contributed by atoms with E-state index >= 15 is 0 Å². The third-order valence-corrected chi connectivity index (χ3v) is 8.61. The van der Waals surface area contributed by atoms with Gasteiger partial charge in [-0.15, -0.1) is 0 Å². The quantitative estimate of drug-likeness (QED) is 0.130. The Labute approximate surface area is 208 Å². The van der Waals surface area contributed by atoms with Gasteiger partial charge in [0, 0.05) is 0 Å². The van der Waals surface area contributed by atoms with Gasteiger partial charge in [-0.2, -0.15) is 0 Å². The highest BCUT2D eigenvalue weighted by molar-refractivity contribution is 4.97. The van der Waals surface area contributed by atoms with E-state index in [1.54, 1.807) is 0 Å². The van der Waals surface area contributed by atoms with Crippen LogP contribution < -0.4 is 0 Å². The topological polar surface area (TPSA) is 3.24 Å². The second-order valence-corrected chi connectivity index (χ2v) is 12.2. The van der Waals surface area contributed by atoms with Crippen molar-refractivity contribution in [2.45, 2.75) is 141 Å². The first-order valence-corrected chi connectivity index (χ1v) is 15.0. The van der Waals surface area contributed by atoms with Gasteiger partial charge in [-0.3, -0.25) is 0 Å². The lowest BCUT2D eigenvalue weighted by molar-refractivity contribution is 0.379. The molecule has 1 atom stereocenters. The van der Waals surface area contributed by atoms with Crippen molar-refractivity contribution in [3.63, 3.8) is 0 Å². The molecular formula is C32H59N. The highest BCUT2D eigenvalue weighted by atomic mass is 15.0. The first-order valence-electron chi connectivity index (χ1n) is 15.0. The van der Waals surface area contributed by atoms with Gasteiger partial charge in [0.25, 0.3) is 0 Å². The Morgan fingerprint density at radius 3 is 1.91 bits per heavy atom. The fourth-order valence-electron chi connectivity index (χ4n) is 6.56. The summed E-state index contributed by atoms with van der Waals surface area (Å²) >= 11 is 0. The zero-order valence-corrected chi connectivity index (χ0v) is 22.9. The van der Waals surface area contributed by atoms with Crippen molar-refractivity contribution < 1.29 is 0 Å². The monoisotopic (exact) mass is 457 g/mol. The summed E-state index contributed by atoms with van der Waals surface area (Å²) in [6.45, 7) is 10.1. The maximum Gasteiger partial charge on any atom is -0.00218 e. The normalized spacial score (nSPS) is 18.4. The maximum absolute atomic E-state index is 4.47. The van der Waals surface area contributed by atoms with Crippen LogP contribution in [0.2, 0.25) is 0 Å². The fraction of sp³-hybridized carbons (Fsp3) is 0.875. The van der Waals surface area contributed by atoms with E-state index in [2.05, 4.69) is 32.2 Å². The minimum atomic E-state index is 0.880. The van der Waals surface area contributed by atoms with Crippen molar-refractivity contribution in [3.8, 4) is 0 Å². The summed E-state index contributed by atoms with van der Waals surface area (Å²) in [6, 6.07) is 0. The lowest BCUT2D eigenvalue weighted by atomic mass is 9.87. The summed E-state index contributed by atoms with van der Waals surface area (Å²) in [6.07, 6.45) is 31.1. The SMILES string of the molecule is C=C(CCCCCC(CCCCCC1CCCC1)CC(=C)CCCN(C)C)CC1CCCC1. The molecule has 0 aromatic carbocycles. The van der Waals surface area contributed by atoms with Crippen molar-refractivity contribution in [1.29, 1.82) is 0 Å². The summed E-state index contributed by atoms with van der Waals surface area (Å²) in [5.74, 6) is 2.92. The lowest BCUT2D eigenvalue weighted by Gasteiger charge is -2.19. The van der Waals surface area contributed by atoms with Crippen LogP contribution in [0.15, 0.2) is 24.3 Å². The summed E-state index contributed by atoms with van der Waals surface area (Å²) in [5, 5.41) is 0. The Bertz CT molecular complexity index is 507. The molecule has 33 heavy (non-hydrogen) atoms. The molecule has 0 amide bonds. The molecule has 0 aromatic heterocycles. The van der Waals surface area contributed by atoms with E-state index in [1.807, 2.05) is 0 Å². The number of hydrogen-bond donors (Lipinski definition) is 0. The van der Waals surface area contributed by atoms with Gasteiger partial charge < -0.3 is 4.90 Å². The molecule has 0 spiro atoms. The standard InChI is InChI=1S/C32H59N/c1-28(26-32-23-13-14-24-32)16-7-5-9-21-31(27-29(2)17-15-25-33(3)4)22-10-6-8-18-30-19-11-12-20-30/h30-32H,1-2,5-27H2,3-4H3. The van der Waals surface area contributed by atoms with Crippen LogP contribution in [0.1, 0.15) is 141 Å². The fourth-order valence-corrected chi connectivity index (χ4v) is 6.56. The van der Waals surface area contributed by atoms with Gasteiger partial charge in [0.1, 0.15) is 0 Å². The molecular weight excluding hydrogens is 398 g/mol. The lowest BCUT2D eigenvalue weighted by Crippen LogP contribution is -2.13. The first kappa shape index (κ1) is 28.7. The molecule has 0 bridgehead atoms. The van der Waals surface area contributed by atoms with Crippen molar-refractivity contribution in [3.05, 3.63) is 24.3 Å². The van der Waals surface area contributed by atoms with Gasteiger partial charge in [0.2, 0.25) is 0 Å². The minimum Gasteiger partial charge on any atom is -0.309 e. The van der Waals surface area contributed by atoms with E-state index < -0.39 is 0 Å². The minimum absolute atomic E-state index is 0.880. The van der Waals surface area contributed by atoms with E-state index in [9.17, 15) is 0 Å². The van der Waals surface area contributed by atoms with E-state index in [-0.39, 0.29) is 0 Å². The predicted octanol–water partition coefficient (Wildman–Crippen LogP) is 10.1. The summed E-state index contributed by atoms with van der Waals surface area (Å²) in [5.41, 5.74) is 3.05. The zero-order chi connectivity index (χ0) is 23.7. The van der Waals surface area contributed by atoms with Crippen LogP contribution in [0, 0.1) is 17.8 Å². The van der Waals surface area contributed by atoms with Gasteiger partial charge in [-0.25, -0.2) is 0 Å². The van der Waals surface area contributed by atoms with E-state index in [4.69, 9.17) is 0 Å². The van der Waals surface area contributed by atoms with Crippen LogP contribution in [0.3, 0.4) is 0 Å². The van der Waals surface area contributed by atoms with Crippen LogP contribution in [-0.2, 0) is 0 Å². The maximum atomic E-state index is 4.47. The van der Waals surface area contributed by atoms with Gasteiger partial charge in [-0.1, -0.05) is 127 Å². The van der Waals surface area contributed by atoms with Crippen LogP contribution in [0.25, 0.3) is 0 Å². The number of allylic oxidation sites excluding steroid dienone is 2. The highest BCUT2D eigenvalue weighted by Gasteiger charge is 2.16. The Balaban J connectivity index is 1.60. The molecule has 1 heteroatoms. The Hall–Kier alpha value is -0.560. The van der Waals surface area contributed by atoms with Crippen molar-refractivity contribution in [2.24, 2.45) is 17.8 Å². The molecule has 0 heterocycles. The zero-order valence-electron chi connectivity index (χ0n) is 22.9. The summed E-state index contributed by atoms with van der Waals surface area (Å²) in [4.78, 5) is 2.30. The molecule has 1 unspecified atom stereocenters. The third kappa shape index (κ3) is 14.4. The molecule has 2 saturated carbocycles. The van der Waals surface area contributed by atoms with E-state index in [0.717, 1.165) is 17.8 Å². The molecule has 192 valence electrons. The largest absolute Gasteiger partial charge is 0.309 e. The van der Waals surface area contributed by atoms with Crippen molar-refractivity contribution >= 4 is 0 Å². The molecule has 0 saturated heterocycles. The van der Waals surface area contributed by atoms with Crippen molar-refractivity contribution in [1.82, 2.24) is 4.90 Å². The van der Waals surface area contributed by atoms with Crippen LogP contribution in [-0.4, -0.2) is 25.5 Å². The van der Waals surface area contributed by atoms with Gasteiger partial charge in [0.15, 0.2) is 0 Å². The molecule has 1 nitrogen and oxygen atoms in total.